The topological polar surface area (TPSA) is 64.3 Å². The van der Waals surface area contributed by atoms with Crippen molar-refractivity contribution in [2.45, 2.75) is 39.8 Å². The summed E-state index contributed by atoms with van der Waals surface area (Å²) in [6.07, 6.45) is 0.200. The van der Waals surface area contributed by atoms with Crippen LogP contribution in [0.3, 0.4) is 0 Å². The van der Waals surface area contributed by atoms with Gasteiger partial charge in [0.2, 0.25) is 5.91 Å². The molecule has 0 aliphatic rings. The highest BCUT2D eigenvalue weighted by molar-refractivity contribution is 5.81. The summed E-state index contributed by atoms with van der Waals surface area (Å²) in [5, 5.41) is 2.73. The summed E-state index contributed by atoms with van der Waals surface area (Å²) in [6.45, 7) is 8.83. The van der Waals surface area contributed by atoms with Crippen LogP contribution in [0.25, 0.3) is 0 Å². The van der Waals surface area contributed by atoms with Crippen LogP contribution < -0.4 is 11.1 Å². The van der Waals surface area contributed by atoms with Crippen LogP contribution in [0.5, 0.6) is 0 Å². The van der Waals surface area contributed by atoms with Crippen molar-refractivity contribution < 1.29 is 9.53 Å². The number of amides is 1. The van der Waals surface area contributed by atoms with E-state index < -0.39 is 6.04 Å². The molecule has 14 heavy (non-hydrogen) atoms. The lowest BCUT2D eigenvalue weighted by Gasteiger charge is -2.15. The first-order valence-corrected chi connectivity index (χ1v) is 5.10. The predicted octanol–water partition coefficient (Wildman–Crippen LogP) is 0.511. The van der Waals surface area contributed by atoms with Crippen molar-refractivity contribution in [1.29, 1.82) is 0 Å². The fourth-order valence-corrected chi connectivity index (χ4v) is 0.889. The van der Waals surface area contributed by atoms with Crippen molar-refractivity contribution >= 4 is 5.91 Å². The Hall–Kier alpha value is -0.610. The number of nitrogens with one attached hydrogen (secondary N) is 1. The van der Waals surface area contributed by atoms with Crippen molar-refractivity contribution in [3.63, 3.8) is 0 Å². The molecule has 0 aromatic rings. The third-order valence-corrected chi connectivity index (χ3v) is 1.87. The summed E-state index contributed by atoms with van der Waals surface area (Å²) < 4.78 is 5.28. The number of ether oxygens (including phenoxy) is 1. The van der Waals surface area contributed by atoms with Crippen LogP contribution in [0.2, 0.25) is 0 Å². The number of carbonyl (C=O) groups excluding carboxylic acids is 1. The van der Waals surface area contributed by atoms with E-state index >= 15 is 0 Å². The van der Waals surface area contributed by atoms with Crippen LogP contribution in [0.1, 0.15) is 27.7 Å². The average Bonchev–Trinajstić information content (AvgIpc) is 2.10. The van der Waals surface area contributed by atoms with Crippen LogP contribution in [0.15, 0.2) is 0 Å². The van der Waals surface area contributed by atoms with E-state index in [2.05, 4.69) is 5.32 Å². The molecule has 0 bridgehead atoms. The molecule has 0 aliphatic heterocycles. The molecule has 0 aromatic carbocycles. The molecule has 1 atom stereocenters. The molecule has 3 N–H and O–H groups in total. The first-order chi connectivity index (χ1) is 6.45. The van der Waals surface area contributed by atoms with Crippen LogP contribution >= 0.6 is 0 Å². The lowest BCUT2D eigenvalue weighted by molar-refractivity contribution is -0.123. The van der Waals surface area contributed by atoms with Crippen LogP contribution in [-0.4, -0.2) is 31.2 Å². The fourth-order valence-electron chi connectivity index (χ4n) is 0.889. The minimum atomic E-state index is -0.422. The predicted molar refractivity (Wildman–Crippen MR) is 56.9 cm³/mol. The molecule has 0 saturated heterocycles. The molecular weight excluding hydrogens is 180 g/mol. The maximum Gasteiger partial charge on any atom is 0.237 e. The Balaban J connectivity index is 3.54. The average molecular weight is 202 g/mol. The second-order valence-electron chi connectivity index (χ2n) is 3.98. The maximum atomic E-state index is 11.3. The van der Waals surface area contributed by atoms with E-state index in [-0.39, 0.29) is 17.9 Å². The molecule has 0 fully saturated rings. The van der Waals surface area contributed by atoms with E-state index in [4.69, 9.17) is 10.5 Å². The summed E-state index contributed by atoms with van der Waals surface area (Å²) in [4.78, 5) is 11.3. The zero-order valence-electron chi connectivity index (χ0n) is 9.54. The highest BCUT2D eigenvalue weighted by Crippen LogP contribution is 1.97. The molecule has 0 heterocycles. The van der Waals surface area contributed by atoms with Crippen molar-refractivity contribution in [3.05, 3.63) is 0 Å². The molecular formula is C10H22N2O2. The van der Waals surface area contributed by atoms with Gasteiger partial charge in [0.05, 0.1) is 18.8 Å². The van der Waals surface area contributed by atoms with Crippen LogP contribution in [0.4, 0.5) is 0 Å². The SMILES string of the molecule is CC(C)OCCNC(=O)[C@@H](N)C(C)C. The first kappa shape index (κ1) is 13.4. The first-order valence-electron chi connectivity index (χ1n) is 5.10. The lowest BCUT2D eigenvalue weighted by atomic mass is 10.1. The van der Waals surface area contributed by atoms with E-state index in [1.165, 1.54) is 0 Å². The van der Waals surface area contributed by atoms with Gasteiger partial charge in [-0.15, -0.1) is 0 Å². The molecule has 0 rings (SSSR count). The molecule has 4 nitrogen and oxygen atoms in total. The minimum Gasteiger partial charge on any atom is -0.377 e. The smallest absolute Gasteiger partial charge is 0.237 e. The Labute approximate surface area is 86.2 Å². The van der Waals surface area contributed by atoms with Gasteiger partial charge in [-0.1, -0.05) is 13.8 Å². The van der Waals surface area contributed by atoms with Gasteiger partial charge in [0.1, 0.15) is 0 Å². The normalized spacial score (nSPS) is 13.4. The van der Waals surface area contributed by atoms with Crippen molar-refractivity contribution in [2.75, 3.05) is 13.2 Å². The van der Waals surface area contributed by atoms with Gasteiger partial charge in [0, 0.05) is 6.54 Å². The van der Waals surface area contributed by atoms with Gasteiger partial charge in [-0.25, -0.2) is 0 Å². The zero-order chi connectivity index (χ0) is 11.1. The van der Waals surface area contributed by atoms with Gasteiger partial charge in [-0.05, 0) is 19.8 Å². The molecule has 1 amide bonds. The minimum absolute atomic E-state index is 0.104. The molecule has 0 radical (unpaired) electrons. The lowest BCUT2D eigenvalue weighted by Crippen LogP contribution is -2.44. The van der Waals surface area contributed by atoms with Crippen LogP contribution in [0, 0.1) is 5.92 Å². The van der Waals surface area contributed by atoms with Gasteiger partial charge in [-0.3, -0.25) is 4.79 Å². The molecule has 0 saturated carbocycles. The number of rotatable bonds is 6. The Morgan fingerprint density at radius 2 is 1.93 bits per heavy atom. The Morgan fingerprint density at radius 1 is 1.36 bits per heavy atom. The Morgan fingerprint density at radius 3 is 2.36 bits per heavy atom. The Bertz CT molecular complexity index is 170. The van der Waals surface area contributed by atoms with Crippen molar-refractivity contribution in [1.82, 2.24) is 5.32 Å². The number of hydrogen-bond acceptors (Lipinski definition) is 3. The van der Waals surface area contributed by atoms with Gasteiger partial charge in [-0.2, -0.15) is 0 Å². The Kier molecular flexibility index (Phi) is 6.49. The summed E-state index contributed by atoms with van der Waals surface area (Å²) in [6, 6.07) is -0.422. The second kappa shape index (κ2) is 6.79. The highest BCUT2D eigenvalue weighted by Gasteiger charge is 2.15. The third-order valence-electron chi connectivity index (χ3n) is 1.87. The monoisotopic (exact) mass is 202 g/mol. The van der Waals surface area contributed by atoms with E-state index in [9.17, 15) is 4.79 Å². The quantitative estimate of drug-likeness (QED) is 0.617. The second-order valence-corrected chi connectivity index (χ2v) is 3.98. The van der Waals surface area contributed by atoms with E-state index in [1.54, 1.807) is 0 Å². The van der Waals surface area contributed by atoms with Crippen molar-refractivity contribution in [2.24, 2.45) is 11.7 Å². The molecule has 0 aliphatic carbocycles. The molecule has 0 unspecified atom stereocenters. The van der Waals surface area contributed by atoms with Gasteiger partial charge < -0.3 is 15.8 Å². The number of nitrogens with two attached hydrogens (primary N) is 1. The fraction of sp³-hybridized carbons (Fsp3) is 0.900. The van der Waals surface area contributed by atoms with Gasteiger partial charge in [0.25, 0.3) is 0 Å². The molecule has 84 valence electrons. The van der Waals surface area contributed by atoms with E-state index in [0.717, 1.165) is 0 Å². The molecule has 0 spiro atoms. The van der Waals surface area contributed by atoms with Crippen molar-refractivity contribution in [3.8, 4) is 0 Å². The highest BCUT2D eigenvalue weighted by atomic mass is 16.5. The molecule has 0 aromatic heterocycles. The summed E-state index contributed by atoms with van der Waals surface area (Å²) in [5.41, 5.74) is 5.65. The number of hydrogen-bond donors (Lipinski definition) is 2. The van der Waals surface area contributed by atoms with Gasteiger partial charge >= 0.3 is 0 Å². The van der Waals surface area contributed by atoms with E-state index in [0.29, 0.717) is 13.2 Å². The largest absolute Gasteiger partial charge is 0.377 e. The maximum absolute atomic E-state index is 11.3. The summed E-state index contributed by atoms with van der Waals surface area (Å²) in [7, 11) is 0. The summed E-state index contributed by atoms with van der Waals surface area (Å²) >= 11 is 0. The van der Waals surface area contributed by atoms with E-state index in [1.807, 2.05) is 27.7 Å². The zero-order valence-corrected chi connectivity index (χ0v) is 9.54. The summed E-state index contributed by atoms with van der Waals surface area (Å²) in [5.74, 6) is 0.0633. The standard InChI is InChI=1S/C10H22N2O2/c1-7(2)9(11)10(13)12-5-6-14-8(3)4/h7-9H,5-6,11H2,1-4H3,(H,12,13)/t9-/m0/s1. The third kappa shape index (κ3) is 5.94. The van der Waals surface area contributed by atoms with Crippen LogP contribution in [-0.2, 0) is 9.53 Å². The number of carbonyl (C=O) groups is 1. The van der Waals surface area contributed by atoms with Gasteiger partial charge in [0.15, 0.2) is 0 Å². The molecule has 4 heteroatoms.